The van der Waals surface area contributed by atoms with Crippen molar-refractivity contribution < 1.29 is 9.59 Å². The number of aryl methyl sites for hydroxylation is 2. The van der Waals surface area contributed by atoms with Crippen molar-refractivity contribution in [1.29, 1.82) is 0 Å². The zero-order chi connectivity index (χ0) is 19.3. The highest BCUT2D eigenvalue weighted by Gasteiger charge is 2.30. The quantitative estimate of drug-likeness (QED) is 0.776. The molecule has 1 saturated heterocycles. The molecule has 1 aliphatic heterocycles. The molecule has 1 heterocycles. The fourth-order valence-corrected chi connectivity index (χ4v) is 3.56. The lowest BCUT2D eigenvalue weighted by Crippen LogP contribution is -2.52. The van der Waals surface area contributed by atoms with Gasteiger partial charge in [-0.05, 0) is 51.7 Å². The van der Waals surface area contributed by atoms with Gasteiger partial charge in [-0.2, -0.15) is 0 Å². The number of nitrogens with one attached hydrogen (secondary N) is 1. The monoisotopic (exact) mass is 395 g/mol. The maximum atomic E-state index is 12.9. The van der Waals surface area contributed by atoms with E-state index in [2.05, 4.69) is 11.4 Å². The van der Waals surface area contributed by atoms with E-state index in [1.54, 1.807) is 0 Å². The van der Waals surface area contributed by atoms with E-state index in [0.717, 1.165) is 36.8 Å². The lowest BCUT2D eigenvalue weighted by molar-refractivity contribution is -0.126. The van der Waals surface area contributed by atoms with Gasteiger partial charge in [-0.25, -0.2) is 0 Å². The molecule has 0 aromatic heterocycles. The first-order chi connectivity index (χ1) is 12.3. The Balaban J connectivity index is 0.00000364. The Morgan fingerprint density at radius 1 is 1.19 bits per heavy atom. The Labute approximate surface area is 169 Å². The van der Waals surface area contributed by atoms with E-state index in [-0.39, 0.29) is 35.7 Å². The summed E-state index contributed by atoms with van der Waals surface area (Å²) in [7, 11) is 0. The van der Waals surface area contributed by atoms with E-state index in [0.29, 0.717) is 25.2 Å². The van der Waals surface area contributed by atoms with Crippen molar-refractivity contribution in [2.45, 2.75) is 58.9 Å². The Morgan fingerprint density at radius 3 is 2.33 bits per heavy atom. The fourth-order valence-electron chi connectivity index (χ4n) is 3.56. The number of hydrogen-bond acceptors (Lipinski definition) is 3. The molecule has 1 unspecified atom stereocenters. The van der Waals surface area contributed by atoms with Crippen molar-refractivity contribution in [2.75, 3.05) is 19.6 Å². The van der Waals surface area contributed by atoms with E-state index in [1.165, 1.54) is 0 Å². The largest absolute Gasteiger partial charge is 0.354 e. The van der Waals surface area contributed by atoms with Crippen molar-refractivity contribution >= 4 is 24.2 Å². The van der Waals surface area contributed by atoms with Crippen LogP contribution in [0, 0.1) is 19.8 Å². The first-order valence-corrected chi connectivity index (χ1v) is 9.72. The summed E-state index contributed by atoms with van der Waals surface area (Å²) < 4.78 is 0. The number of piperidine rings is 1. The van der Waals surface area contributed by atoms with Crippen LogP contribution >= 0.6 is 12.4 Å². The van der Waals surface area contributed by atoms with Crippen LogP contribution in [-0.4, -0.2) is 41.9 Å². The van der Waals surface area contributed by atoms with Crippen LogP contribution in [0.3, 0.4) is 0 Å². The number of likely N-dealkylation sites (tertiary alicyclic amines) is 1. The van der Waals surface area contributed by atoms with E-state index in [4.69, 9.17) is 5.73 Å². The second kappa shape index (κ2) is 10.1. The maximum absolute atomic E-state index is 12.9. The summed E-state index contributed by atoms with van der Waals surface area (Å²) in [6.07, 6.45) is 3.32. The van der Waals surface area contributed by atoms with Crippen LogP contribution in [0.4, 0.5) is 0 Å². The molecule has 2 amide bonds. The van der Waals surface area contributed by atoms with Gasteiger partial charge in [0.25, 0.3) is 5.91 Å². The number of rotatable bonds is 6. The van der Waals surface area contributed by atoms with Crippen LogP contribution < -0.4 is 11.1 Å². The van der Waals surface area contributed by atoms with Gasteiger partial charge in [-0.3, -0.25) is 9.59 Å². The second-order valence-corrected chi connectivity index (χ2v) is 7.75. The molecule has 1 fully saturated rings. The van der Waals surface area contributed by atoms with Crippen molar-refractivity contribution in [3.8, 4) is 0 Å². The third-order valence-corrected chi connectivity index (χ3v) is 5.57. The number of carbonyl (C=O) groups excluding carboxylic acids is 2. The summed E-state index contributed by atoms with van der Waals surface area (Å²) in [4.78, 5) is 27.3. The lowest BCUT2D eigenvalue weighted by atomic mass is 9.92. The summed E-state index contributed by atoms with van der Waals surface area (Å²) in [5.41, 5.74) is 8.80. The van der Waals surface area contributed by atoms with Crippen LogP contribution in [0.2, 0.25) is 0 Å². The predicted molar refractivity (Wildman–Crippen MR) is 112 cm³/mol. The number of amides is 2. The summed E-state index contributed by atoms with van der Waals surface area (Å²) in [5, 5.41) is 3.01. The molecule has 1 atom stereocenters. The SMILES string of the molecule is CCC(N)(CC)CNC(=O)C1CCCN(C(=O)c2cc(C)cc(C)c2)C1.Cl. The first-order valence-electron chi connectivity index (χ1n) is 9.72. The molecule has 1 aliphatic rings. The van der Waals surface area contributed by atoms with Crippen LogP contribution in [-0.2, 0) is 4.79 Å². The zero-order valence-electron chi connectivity index (χ0n) is 17.0. The molecular weight excluding hydrogens is 362 g/mol. The lowest BCUT2D eigenvalue weighted by Gasteiger charge is -2.33. The van der Waals surface area contributed by atoms with Gasteiger partial charge in [0.15, 0.2) is 0 Å². The van der Waals surface area contributed by atoms with Gasteiger partial charge in [0.2, 0.25) is 5.91 Å². The molecule has 1 aromatic rings. The second-order valence-electron chi connectivity index (χ2n) is 7.75. The van der Waals surface area contributed by atoms with Crippen molar-refractivity contribution in [2.24, 2.45) is 11.7 Å². The molecule has 6 heteroatoms. The molecule has 0 aliphatic carbocycles. The molecule has 0 radical (unpaired) electrons. The van der Waals surface area contributed by atoms with E-state index in [9.17, 15) is 9.59 Å². The van der Waals surface area contributed by atoms with Gasteiger partial charge in [0, 0.05) is 30.7 Å². The van der Waals surface area contributed by atoms with Gasteiger partial charge < -0.3 is 16.0 Å². The summed E-state index contributed by atoms with van der Waals surface area (Å²) in [6, 6.07) is 5.90. The molecule has 5 nitrogen and oxygen atoms in total. The minimum atomic E-state index is -0.348. The van der Waals surface area contributed by atoms with Gasteiger partial charge in [0.1, 0.15) is 0 Å². The van der Waals surface area contributed by atoms with Crippen molar-refractivity contribution in [3.05, 3.63) is 34.9 Å². The van der Waals surface area contributed by atoms with Crippen LogP contribution in [0.25, 0.3) is 0 Å². The molecule has 0 bridgehead atoms. The van der Waals surface area contributed by atoms with Crippen molar-refractivity contribution in [3.63, 3.8) is 0 Å². The zero-order valence-corrected chi connectivity index (χ0v) is 17.8. The topological polar surface area (TPSA) is 75.4 Å². The third-order valence-electron chi connectivity index (χ3n) is 5.57. The molecule has 27 heavy (non-hydrogen) atoms. The van der Waals surface area contributed by atoms with Crippen LogP contribution in [0.1, 0.15) is 61.0 Å². The van der Waals surface area contributed by atoms with Crippen molar-refractivity contribution in [1.82, 2.24) is 10.2 Å². The molecular formula is C21H34ClN3O2. The third kappa shape index (κ3) is 6.22. The standard InChI is InChI=1S/C21H33N3O2.ClH/c1-5-21(22,6-2)14-23-19(25)17-8-7-9-24(13-17)20(26)18-11-15(3)10-16(4)12-18;/h10-12,17H,5-9,13-14,22H2,1-4H3,(H,23,25);1H. The van der Waals surface area contributed by atoms with Gasteiger partial charge in [0.05, 0.1) is 5.92 Å². The Hall–Kier alpha value is -1.59. The Morgan fingerprint density at radius 2 is 1.78 bits per heavy atom. The molecule has 0 saturated carbocycles. The average molecular weight is 396 g/mol. The van der Waals surface area contributed by atoms with Gasteiger partial charge >= 0.3 is 0 Å². The molecule has 152 valence electrons. The van der Waals surface area contributed by atoms with Gasteiger partial charge in [-0.1, -0.05) is 31.0 Å². The number of hydrogen-bond donors (Lipinski definition) is 2. The summed E-state index contributed by atoms with van der Waals surface area (Å²) in [5.74, 6) is -0.124. The molecule has 1 aromatic carbocycles. The highest BCUT2D eigenvalue weighted by atomic mass is 35.5. The maximum Gasteiger partial charge on any atom is 0.253 e. The fraction of sp³-hybridized carbons (Fsp3) is 0.619. The van der Waals surface area contributed by atoms with E-state index < -0.39 is 0 Å². The number of benzene rings is 1. The normalized spacial score (nSPS) is 17.2. The van der Waals surface area contributed by atoms with E-state index >= 15 is 0 Å². The van der Waals surface area contributed by atoms with Crippen LogP contribution in [0.15, 0.2) is 18.2 Å². The number of nitrogens with two attached hydrogens (primary N) is 1. The average Bonchev–Trinajstić information content (AvgIpc) is 2.64. The minimum absolute atomic E-state index is 0. The summed E-state index contributed by atoms with van der Waals surface area (Å²) in [6.45, 7) is 9.75. The number of carbonyl (C=O) groups is 2. The highest BCUT2D eigenvalue weighted by Crippen LogP contribution is 2.20. The minimum Gasteiger partial charge on any atom is -0.354 e. The molecule has 2 rings (SSSR count). The molecule has 0 spiro atoms. The highest BCUT2D eigenvalue weighted by molar-refractivity contribution is 5.95. The number of halogens is 1. The van der Waals surface area contributed by atoms with E-state index in [1.807, 2.05) is 44.7 Å². The Kier molecular flexibility index (Phi) is 8.76. The first kappa shape index (κ1) is 23.4. The smallest absolute Gasteiger partial charge is 0.253 e. The predicted octanol–water partition coefficient (Wildman–Crippen LogP) is 3.21. The van der Waals surface area contributed by atoms with Crippen LogP contribution in [0.5, 0.6) is 0 Å². The molecule has 3 N–H and O–H groups in total. The summed E-state index contributed by atoms with van der Waals surface area (Å²) >= 11 is 0. The number of nitrogens with zero attached hydrogens (tertiary/aromatic N) is 1. The Bertz CT molecular complexity index is 639. The van der Waals surface area contributed by atoms with Gasteiger partial charge in [-0.15, -0.1) is 12.4 Å².